The van der Waals surface area contributed by atoms with E-state index in [4.69, 9.17) is 16.3 Å². The molecular formula is C10H18ClNO3. The second-order valence-corrected chi connectivity index (χ2v) is 3.23. The van der Waals surface area contributed by atoms with E-state index in [1.54, 1.807) is 7.11 Å². The molecule has 0 saturated heterocycles. The van der Waals surface area contributed by atoms with Crippen LogP contribution in [0.4, 0.5) is 0 Å². The molecule has 0 aromatic heterocycles. The summed E-state index contributed by atoms with van der Waals surface area (Å²) in [6, 6.07) is 0. The van der Waals surface area contributed by atoms with Crippen molar-refractivity contribution in [1.82, 2.24) is 4.90 Å². The molecule has 0 unspecified atom stereocenters. The van der Waals surface area contributed by atoms with Crippen molar-refractivity contribution in [3.8, 4) is 0 Å². The summed E-state index contributed by atoms with van der Waals surface area (Å²) in [4.78, 5) is 13.0. The van der Waals surface area contributed by atoms with Gasteiger partial charge < -0.3 is 9.47 Å². The monoisotopic (exact) mass is 235 g/mol. The lowest BCUT2D eigenvalue weighted by Gasteiger charge is -2.19. The van der Waals surface area contributed by atoms with Crippen LogP contribution < -0.4 is 0 Å². The third-order valence-electron chi connectivity index (χ3n) is 1.92. The van der Waals surface area contributed by atoms with Crippen LogP contribution in [0.1, 0.15) is 6.42 Å². The Morgan fingerprint density at radius 2 is 2.13 bits per heavy atom. The number of carbonyl (C=O) groups excluding carboxylic acids is 1. The van der Waals surface area contributed by atoms with Gasteiger partial charge in [-0.2, -0.15) is 0 Å². The fraction of sp³-hybridized carbons (Fsp3) is 0.700. The summed E-state index contributed by atoms with van der Waals surface area (Å²) in [5.74, 6) is -0.202. The number of halogens is 1. The minimum absolute atomic E-state index is 0.202. The molecule has 15 heavy (non-hydrogen) atoms. The normalized spacial score (nSPS) is 11.2. The Morgan fingerprint density at radius 1 is 1.40 bits per heavy atom. The second kappa shape index (κ2) is 9.96. The summed E-state index contributed by atoms with van der Waals surface area (Å²) in [6.07, 6.45) is 2.21. The van der Waals surface area contributed by atoms with Crippen LogP contribution in [0, 0.1) is 0 Å². The molecule has 0 aliphatic carbocycles. The Hall–Kier alpha value is -0.580. The van der Waals surface area contributed by atoms with Crippen LogP contribution in [0.2, 0.25) is 0 Å². The number of methoxy groups -OCH3 is 2. The van der Waals surface area contributed by atoms with E-state index in [-0.39, 0.29) is 5.97 Å². The summed E-state index contributed by atoms with van der Waals surface area (Å²) >= 11 is 5.44. The van der Waals surface area contributed by atoms with Crippen molar-refractivity contribution in [2.24, 2.45) is 0 Å². The van der Waals surface area contributed by atoms with Gasteiger partial charge >= 0.3 is 5.97 Å². The Kier molecular flexibility index (Phi) is 9.57. The van der Waals surface area contributed by atoms with Gasteiger partial charge in [-0.25, -0.2) is 0 Å². The largest absolute Gasteiger partial charge is 0.469 e. The Balaban J connectivity index is 3.83. The predicted octanol–water partition coefficient (Wildman–Crippen LogP) is 1.25. The smallest absolute Gasteiger partial charge is 0.306 e. The van der Waals surface area contributed by atoms with Crippen molar-refractivity contribution < 1.29 is 14.3 Å². The molecule has 0 spiro atoms. The quantitative estimate of drug-likeness (QED) is 0.594. The Bertz CT molecular complexity index is 197. The van der Waals surface area contributed by atoms with Gasteiger partial charge in [-0.3, -0.25) is 9.69 Å². The molecule has 0 heterocycles. The number of hydrogen-bond donors (Lipinski definition) is 0. The molecule has 0 saturated carbocycles. The van der Waals surface area contributed by atoms with Gasteiger partial charge in [-0.1, -0.05) is 17.7 Å². The summed E-state index contributed by atoms with van der Waals surface area (Å²) in [7, 11) is 3.04. The van der Waals surface area contributed by atoms with Crippen LogP contribution in [-0.2, 0) is 14.3 Å². The molecule has 88 valence electrons. The molecule has 0 fully saturated rings. The molecule has 0 rings (SSSR count). The minimum atomic E-state index is -0.202. The lowest BCUT2D eigenvalue weighted by molar-refractivity contribution is -0.141. The first-order chi connectivity index (χ1) is 7.24. The number of ether oxygens (including phenoxy) is 2. The lowest BCUT2D eigenvalue weighted by Crippen LogP contribution is -2.30. The lowest BCUT2D eigenvalue weighted by atomic mass is 10.3. The molecule has 0 radical (unpaired) electrons. The molecule has 4 nitrogen and oxygen atoms in total. The first-order valence-corrected chi connectivity index (χ1v) is 5.21. The Morgan fingerprint density at radius 3 is 2.67 bits per heavy atom. The molecule has 0 aliphatic heterocycles. The van der Waals surface area contributed by atoms with Crippen molar-refractivity contribution in [2.75, 3.05) is 40.5 Å². The molecule has 0 aromatic rings. The van der Waals surface area contributed by atoms with Crippen molar-refractivity contribution in [2.45, 2.75) is 6.42 Å². The van der Waals surface area contributed by atoms with E-state index in [1.165, 1.54) is 12.6 Å². The number of hydrogen-bond acceptors (Lipinski definition) is 4. The van der Waals surface area contributed by atoms with Crippen LogP contribution in [-0.4, -0.2) is 51.3 Å². The van der Waals surface area contributed by atoms with Crippen LogP contribution in [0.25, 0.3) is 0 Å². The molecule has 0 aromatic carbocycles. The summed E-state index contributed by atoms with van der Waals surface area (Å²) in [6.45, 7) is 2.77. The molecule has 0 N–H and O–H groups in total. The van der Waals surface area contributed by atoms with Gasteiger partial charge in [0.2, 0.25) is 0 Å². The number of nitrogens with zero attached hydrogens (tertiary/aromatic N) is 1. The average Bonchev–Trinajstić information content (AvgIpc) is 2.27. The van der Waals surface area contributed by atoms with Gasteiger partial charge in [0.05, 0.1) is 20.1 Å². The van der Waals surface area contributed by atoms with E-state index < -0.39 is 0 Å². The zero-order chi connectivity index (χ0) is 11.5. The molecule has 0 atom stereocenters. The predicted molar refractivity (Wildman–Crippen MR) is 59.9 cm³/mol. The van der Waals surface area contributed by atoms with E-state index in [0.29, 0.717) is 26.1 Å². The topological polar surface area (TPSA) is 38.8 Å². The van der Waals surface area contributed by atoms with Crippen molar-refractivity contribution in [3.63, 3.8) is 0 Å². The van der Waals surface area contributed by atoms with E-state index in [2.05, 4.69) is 9.64 Å². The molecular weight excluding hydrogens is 218 g/mol. The van der Waals surface area contributed by atoms with Crippen LogP contribution in [0.5, 0.6) is 0 Å². The number of carbonyl (C=O) groups is 1. The highest BCUT2D eigenvalue weighted by Crippen LogP contribution is 1.95. The molecule has 0 bridgehead atoms. The highest BCUT2D eigenvalue weighted by Gasteiger charge is 2.06. The molecule has 0 aliphatic rings. The minimum Gasteiger partial charge on any atom is -0.469 e. The fourth-order valence-corrected chi connectivity index (χ4v) is 1.13. The Labute approximate surface area is 95.8 Å². The van der Waals surface area contributed by atoms with E-state index >= 15 is 0 Å². The van der Waals surface area contributed by atoms with Crippen molar-refractivity contribution in [3.05, 3.63) is 11.6 Å². The maximum atomic E-state index is 10.9. The maximum Gasteiger partial charge on any atom is 0.306 e. The number of rotatable bonds is 8. The van der Waals surface area contributed by atoms with Crippen LogP contribution in [0.15, 0.2) is 11.6 Å². The standard InChI is InChI=1S/C10H18ClNO3/c1-14-9-8-12(6-3-5-11)7-4-10(13)15-2/h3,5H,4,6-9H2,1-2H3/b5-3+. The third kappa shape index (κ3) is 8.42. The summed E-state index contributed by atoms with van der Waals surface area (Å²) < 4.78 is 9.54. The number of esters is 1. The van der Waals surface area contributed by atoms with Gasteiger partial charge in [-0.05, 0) is 0 Å². The summed E-state index contributed by atoms with van der Waals surface area (Å²) in [5.41, 5.74) is 1.47. The maximum absolute atomic E-state index is 10.9. The van der Waals surface area contributed by atoms with Crippen LogP contribution >= 0.6 is 11.6 Å². The van der Waals surface area contributed by atoms with E-state index in [0.717, 1.165) is 6.54 Å². The molecule has 5 heteroatoms. The van der Waals surface area contributed by atoms with E-state index in [1.807, 2.05) is 6.08 Å². The van der Waals surface area contributed by atoms with Gasteiger partial charge in [-0.15, -0.1) is 0 Å². The van der Waals surface area contributed by atoms with Gasteiger partial charge in [0.1, 0.15) is 0 Å². The van der Waals surface area contributed by atoms with Gasteiger partial charge in [0, 0.05) is 32.3 Å². The highest BCUT2D eigenvalue weighted by atomic mass is 35.5. The van der Waals surface area contributed by atoms with Gasteiger partial charge in [0.25, 0.3) is 0 Å². The molecule has 0 amide bonds. The van der Waals surface area contributed by atoms with Crippen molar-refractivity contribution in [1.29, 1.82) is 0 Å². The first kappa shape index (κ1) is 14.4. The van der Waals surface area contributed by atoms with Crippen LogP contribution in [0.3, 0.4) is 0 Å². The van der Waals surface area contributed by atoms with Gasteiger partial charge in [0.15, 0.2) is 0 Å². The second-order valence-electron chi connectivity index (χ2n) is 2.98. The third-order valence-corrected chi connectivity index (χ3v) is 2.10. The zero-order valence-corrected chi connectivity index (χ0v) is 10.00. The van der Waals surface area contributed by atoms with E-state index in [9.17, 15) is 4.79 Å². The van der Waals surface area contributed by atoms with Crippen molar-refractivity contribution >= 4 is 17.6 Å². The summed E-state index contributed by atoms with van der Waals surface area (Å²) in [5, 5.41) is 0. The fourth-order valence-electron chi connectivity index (χ4n) is 1.06. The zero-order valence-electron chi connectivity index (χ0n) is 9.24. The SMILES string of the molecule is COCCN(C/C=C/Cl)CCC(=O)OC. The average molecular weight is 236 g/mol. The highest BCUT2D eigenvalue weighted by molar-refractivity contribution is 6.25. The first-order valence-electron chi connectivity index (χ1n) is 4.78.